The molecule has 0 spiro atoms. The van der Waals surface area contributed by atoms with Crippen molar-refractivity contribution in [1.82, 2.24) is 0 Å². The van der Waals surface area contributed by atoms with Gasteiger partial charge in [-0.25, -0.2) is 16.8 Å². The first kappa shape index (κ1) is 17.7. The summed E-state index contributed by atoms with van der Waals surface area (Å²) in [6, 6.07) is 13.8. The van der Waals surface area contributed by atoms with Crippen LogP contribution < -0.4 is 10.0 Å². The number of hydrogen-bond acceptors (Lipinski definition) is 6. The van der Waals surface area contributed by atoms with E-state index in [2.05, 4.69) is 10.0 Å². The van der Waals surface area contributed by atoms with Gasteiger partial charge in [0, 0.05) is 11.4 Å². The number of anilines is 2. The van der Waals surface area contributed by atoms with E-state index in [4.69, 9.17) is 0 Å². The van der Waals surface area contributed by atoms with Gasteiger partial charge in [-0.15, -0.1) is 0 Å². The molecule has 0 bridgehead atoms. The molecular formula is C16H18N2O5S2. The van der Waals surface area contributed by atoms with Crippen molar-refractivity contribution >= 4 is 31.2 Å². The summed E-state index contributed by atoms with van der Waals surface area (Å²) in [5.74, 6) is -0.379. The van der Waals surface area contributed by atoms with E-state index in [1.165, 1.54) is 12.1 Å². The third-order valence-electron chi connectivity index (χ3n) is 3.87. The van der Waals surface area contributed by atoms with E-state index < -0.39 is 32.0 Å². The number of sulfonamides is 1. The minimum Gasteiger partial charge on any atom is -0.390 e. The van der Waals surface area contributed by atoms with E-state index >= 15 is 0 Å². The fourth-order valence-electron chi connectivity index (χ4n) is 2.63. The van der Waals surface area contributed by atoms with Crippen LogP contribution in [0.2, 0.25) is 0 Å². The summed E-state index contributed by atoms with van der Waals surface area (Å²) in [7, 11) is -6.89. The minimum absolute atomic E-state index is 0.128. The number of hydrogen-bond donors (Lipinski definition) is 3. The van der Waals surface area contributed by atoms with Crippen molar-refractivity contribution in [2.24, 2.45) is 0 Å². The zero-order valence-electron chi connectivity index (χ0n) is 13.2. The molecule has 1 heterocycles. The lowest BCUT2D eigenvalue weighted by Gasteiger charge is -2.16. The predicted molar refractivity (Wildman–Crippen MR) is 95.8 cm³/mol. The number of aliphatic hydroxyl groups is 1. The van der Waals surface area contributed by atoms with E-state index in [9.17, 15) is 21.9 Å². The summed E-state index contributed by atoms with van der Waals surface area (Å²) in [6.07, 6.45) is -0.957. The van der Waals surface area contributed by atoms with Crippen molar-refractivity contribution in [3.63, 3.8) is 0 Å². The molecule has 1 saturated heterocycles. The zero-order chi connectivity index (χ0) is 18.1. The molecule has 2 atom stereocenters. The van der Waals surface area contributed by atoms with E-state index in [1.807, 2.05) is 0 Å². The average Bonchev–Trinajstić information content (AvgIpc) is 2.82. The Kier molecular flexibility index (Phi) is 4.72. The van der Waals surface area contributed by atoms with Gasteiger partial charge >= 0.3 is 0 Å². The molecule has 0 radical (unpaired) electrons. The van der Waals surface area contributed by atoms with Gasteiger partial charge < -0.3 is 10.4 Å². The number of nitrogens with one attached hydrogen (secondary N) is 2. The Balaban J connectivity index is 1.69. The third-order valence-corrected chi connectivity index (χ3v) is 6.98. The summed E-state index contributed by atoms with van der Waals surface area (Å²) in [5, 5.41) is 12.7. The van der Waals surface area contributed by atoms with Crippen LogP contribution in [-0.4, -0.2) is 45.6 Å². The molecule has 25 heavy (non-hydrogen) atoms. The predicted octanol–water partition coefficient (Wildman–Crippen LogP) is 1.06. The normalized spacial score (nSPS) is 22.4. The minimum atomic E-state index is -3.66. The highest BCUT2D eigenvalue weighted by molar-refractivity contribution is 7.92. The third kappa shape index (κ3) is 4.30. The Labute approximate surface area is 146 Å². The first-order valence-electron chi connectivity index (χ1n) is 7.58. The maximum absolute atomic E-state index is 12.3. The Morgan fingerprint density at radius 3 is 2.08 bits per heavy atom. The molecule has 0 aromatic heterocycles. The van der Waals surface area contributed by atoms with Gasteiger partial charge in [-0.1, -0.05) is 18.2 Å². The standard InChI is InChI=1S/C16H18N2O5S2/c19-16-11-24(20,21)10-15(16)17-12-6-8-13(9-7-12)18-25(22,23)14-4-2-1-3-5-14/h1-9,15-19H,10-11H2/t15-,16+/m0/s1. The maximum Gasteiger partial charge on any atom is 0.261 e. The number of benzene rings is 2. The molecule has 0 saturated carbocycles. The van der Waals surface area contributed by atoms with Gasteiger partial charge in [0.2, 0.25) is 0 Å². The highest BCUT2D eigenvalue weighted by atomic mass is 32.2. The summed E-state index contributed by atoms with van der Waals surface area (Å²) in [4.78, 5) is 0.163. The molecule has 1 aliphatic rings. The van der Waals surface area contributed by atoms with Crippen LogP contribution in [-0.2, 0) is 19.9 Å². The highest BCUT2D eigenvalue weighted by Crippen LogP contribution is 2.21. The van der Waals surface area contributed by atoms with Crippen LogP contribution in [0.3, 0.4) is 0 Å². The van der Waals surface area contributed by atoms with Gasteiger partial charge in [-0.2, -0.15) is 0 Å². The molecule has 1 fully saturated rings. The quantitative estimate of drug-likeness (QED) is 0.713. The Bertz CT molecular complexity index is 942. The summed E-state index contributed by atoms with van der Waals surface area (Å²) in [5.41, 5.74) is 0.984. The van der Waals surface area contributed by atoms with E-state index in [1.54, 1.807) is 42.5 Å². The van der Waals surface area contributed by atoms with E-state index in [0.717, 1.165) is 0 Å². The lowest BCUT2D eigenvalue weighted by molar-refractivity contribution is 0.190. The van der Waals surface area contributed by atoms with Crippen molar-refractivity contribution in [3.05, 3.63) is 54.6 Å². The van der Waals surface area contributed by atoms with Crippen molar-refractivity contribution < 1.29 is 21.9 Å². The lowest BCUT2D eigenvalue weighted by atomic mass is 10.2. The largest absolute Gasteiger partial charge is 0.390 e. The summed E-state index contributed by atoms with van der Waals surface area (Å²) < 4.78 is 50.0. The Hall–Kier alpha value is -2.10. The molecule has 2 aromatic rings. The number of aliphatic hydroxyl groups excluding tert-OH is 1. The van der Waals surface area contributed by atoms with Crippen LogP contribution >= 0.6 is 0 Å². The fourth-order valence-corrected chi connectivity index (χ4v) is 5.45. The molecule has 1 aliphatic heterocycles. The number of sulfone groups is 1. The monoisotopic (exact) mass is 382 g/mol. The van der Waals surface area contributed by atoms with Gasteiger partial charge in [-0.05, 0) is 36.4 Å². The fraction of sp³-hybridized carbons (Fsp3) is 0.250. The van der Waals surface area contributed by atoms with Gasteiger partial charge in [0.25, 0.3) is 10.0 Å². The molecule has 3 N–H and O–H groups in total. The molecule has 134 valence electrons. The molecule has 0 unspecified atom stereocenters. The average molecular weight is 382 g/mol. The Morgan fingerprint density at radius 1 is 0.920 bits per heavy atom. The zero-order valence-corrected chi connectivity index (χ0v) is 14.8. The maximum atomic E-state index is 12.3. The van der Waals surface area contributed by atoms with Crippen LogP contribution in [0.1, 0.15) is 0 Å². The smallest absolute Gasteiger partial charge is 0.261 e. The Morgan fingerprint density at radius 2 is 1.52 bits per heavy atom. The first-order chi connectivity index (χ1) is 11.8. The van der Waals surface area contributed by atoms with Gasteiger partial charge in [0.05, 0.1) is 28.5 Å². The number of rotatable bonds is 5. The van der Waals surface area contributed by atoms with Crippen LogP contribution in [0.25, 0.3) is 0 Å². The second-order valence-electron chi connectivity index (χ2n) is 5.89. The molecule has 9 heteroatoms. The van der Waals surface area contributed by atoms with Crippen molar-refractivity contribution in [2.75, 3.05) is 21.5 Å². The second kappa shape index (κ2) is 6.66. The van der Waals surface area contributed by atoms with Crippen LogP contribution in [0.5, 0.6) is 0 Å². The van der Waals surface area contributed by atoms with Crippen molar-refractivity contribution in [2.45, 2.75) is 17.0 Å². The molecule has 7 nitrogen and oxygen atoms in total. The molecular weight excluding hydrogens is 364 g/mol. The molecule has 3 rings (SSSR count). The SMILES string of the molecule is O=S1(=O)C[C@@H](O)[C@@H](Nc2ccc(NS(=O)(=O)c3ccccc3)cc2)C1. The van der Waals surface area contributed by atoms with Gasteiger partial charge in [0.15, 0.2) is 9.84 Å². The van der Waals surface area contributed by atoms with E-state index in [-0.39, 0.29) is 16.4 Å². The summed E-state index contributed by atoms with van der Waals surface area (Å²) in [6.45, 7) is 0. The summed E-state index contributed by atoms with van der Waals surface area (Å²) >= 11 is 0. The second-order valence-corrected chi connectivity index (χ2v) is 9.73. The van der Waals surface area contributed by atoms with Crippen LogP contribution in [0, 0.1) is 0 Å². The van der Waals surface area contributed by atoms with Crippen LogP contribution in [0.4, 0.5) is 11.4 Å². The van der Waals surface area contributed by atoms with Gasteiger partial charge in [-0.3, -0.25) is 4.72 Å². The van der Waals surface area contributed by atoms with Crippen molar-refractivity contribution in [3.8, 4) is 0 Å². The van der Waals surface area contributed by atoms with Gasteiger partial charge in [0.1, 0.15) is 0 Å². The molecule has 0 amide bonds. The molecule has 0 aliphatic carbocycles. The molecule has 2 aromatic carbocycles. The van der Waals surface area contributed by atoms with Crippen molar-refractivity contribution in [1.29, 1.82) is 0 Å². The lowest BCUT2D eigenvalue weighted by Crippen LogP contribution is -2.31. The van der Waals surface area contributed by atoms with Crippen LogP contribution in [0.15, 0.2) is 59.5 Å². The first-order valence-corrected chi connectivity index (χ1v) is 10.9. The highest BCUT2D eigenvalue weighted by Gasteiger charge is 2.36. The topological polar surface area (TPSA) is 113 Å². The van der Waals surface area contributed by atoms with E-state index in [0.29, 0.717) is 11.4 Å².